The van der Waals surface area contributed by atoms with Gasteiger partial charge in [-0.05, 0) is 58.3 Å². The normalized spacial score (nSPS) is 16.6. The van der Waals surface area contributed by atoms with Gasteiger partial charge in [-0.3, -0.25) is 0 Å². The van der Waals surface area contributed by atoms with Gasteiger partial charge in [0, 0.05) is 12.1 Å². The quantitative estimate of drug-likeness (QED) is 0.376. The molecule has 0 aromatic heterocycles. The fraction of sp³-hybridized carbons (Fsp3) is 0.562. The zero-order valence-electron chi connectivity index (χ0n) is 12.4. The maximum absolute atomic E-state index is 8.94. The van der Waals surface area contributed by atoms with Crippen LogP contribution in [-0.4, -0.2) is 42.1 Å². The van der Waals surface area contributed by atoms with E-state index < -0.39 is 0 Å². The molecule has 1 aliphatic rings. The smallest absolute Gasteiger partial charge is 0.128 e. The Morgan fingerprint density at radius 3 is 2.80 bits per heavy atom. The Morgan fingerprint density at radius 2 is 2.10 bits per heavy atom. The van der Waals surface area contributed by atoms with Crippen LogP contribution in [0.4, 0.5) is 0 Å². The highest BCUT2D eigenvalue weighted by atomic mass is 16.5. The van der Waals surface area contributed by atoms with Crippen molar-refractivity contribution in [3.63, 3.8) is 0 Å². The van der Waals surface area contributed by atoms with Crippen molar-refractivity contribution >= 4 is 5.71 Å². The third-order valence-electron chi connectivity index (χ3n) is 3.75. The lowest BCUT2D eigenvalue weighted by atomic mass is 10.1. The molecule has 0 unspecified atom stereocenters. The van der Waals surface area contributed by atoms with E-state index in [1.165, 1.54) is 25.9 Å². The molecule has 1 fully saturated rings. The van der Waals surface area contributed by atoms with Crippen LogP contribution >= 0.6 is 0 Å². The van der Waals surface area contributed by atoms with Crippen LogP contribution in [0, 0.1) is 6.92 Å². The summed E-state index contributed by atoms with van der Waals surface area (Å²) in [6, 6.07) is 5.96. The van der Waals surface area contributed by atoms with Gasteiger partial charge in [0.1, 0.15) is 5.75 Å². The van der Waals surface area contributed by atoms with E-state index in [2.05, 4.69) is 10.1 Å². The van der Waals surface area contributed by atoms with Crippen LogP contribution in [0.25, 0.3) is 0 Å². The number of rotatable bonds is 6. The average molecular weight is 276 g/mol. The summed E-state index contributed by atoms with van der Waals surface area (Å²) in [7, 11) is 0. The zero-order chi connectivity index (χ0) is 14.4. The Labute approximate surface area is 121 Å². The molecule has 0 saturated carbocycles. The topological polar surface area (TPSA) is 45.1 Å². The number of benzene rings is 1. The molecule has 1 N–H and O–H groups in total. The first-order valence-electron chi connectivity index (χ1n) is 7.35. The average Bonchev–Trinajstić information content (AvgIpc) is 2.97. The first-order chi connectivity index (χ1) is 9.70. The summed E-state index contributed by atoms with van der Waals surface area (Å²) in [6.07, 6.45) is 3.69. The number of hydrogen-bond acceptors (Lipinski definition) is 4. The second-order valence-electron chi connectivity index (χ2n) is 5.44. The first kappa shape index (κ1) is 14.9. The SMILES string of the molecule is CC(=NO)c1cc(C)ccc1OCCCN1CCCC1. The number of ether oxygens (including phenoxy) is 1. The van der Waals surface area contributed by atoms with Gasteiger partial charge in [0.05, 0.1) is 12.3 Å². The van der Waals surface area contributed by atoms with E-state index in [-0.39, 0.29) is 0 Å². The number of likely N-dealkylation sites (tertiary alicyclic amines) is 1. The van der Waals surface area contributed by atoms with Crippen molar-refractivity contribution < 1.29 is 9.94 Å². The summed E-state index contributed by atoms with van der Waals surface area (Å²) in [5.41, 5.74) is 2.59. The van der Waals surface area contributed by atoms with Gasteiger partial charge in [0.25, 0.3) is 0 Å². The highest BCUT2D eigenvalue weighted by molar-refractivity contribution is 6.00. The van der Waals surface area contributed by atoms with Crippen molar-refractivity contribution in [2.24, 2.45) is 5.16 Å². The summed E-state index contributed by atoms with van der Waals surface area (Å²) in [5.74, 6) is 0.798. The molecule has 0 spiro atoms. The molecule has 1 aromatic rings. The van der Waals surface area contributed by atoms with Crippen molar-refractivity contribution in [2.75, 3.05) is 26.2 Å². The highest BCUT2D eigenvalue weighted by Gasteiger charge is 2.11. The van der Waals surface area contributed by atoms with E-state index in [4.69, 9.17) is 9.94 Å². The lowest BCUT2D eigenvalue weighted by Gasteiger charge is -2.15. The summed E-state index contributed by atoms with van der Waals surface area (Å²) in [6.45, 7) is 8.06. The minimum atomic E-state index is 0.586. The van der Waals surface area contributed by atoms with Gasteiger partial charge < -0.3 is 14.8 Å². The molecule has 1 aliphatic heterocycles. The Hall–Kier alpha value is -1.55. The number of nitrogens with zero attached hydrogens (tertiary/aromatic N) is 2. The highest BCUT2D eigenvalue weighted by Crippen LogP contribution is 2.21. The van der Waals surface area contributed by atoms with Crippen molar-refractivity contribution in [3.05, 3.63) is 29.3 Å². The predicted molar refractivity (Wildman–Crippen MR) is 81.0 cm³/mol. The van der Waals surface area contributed by atoms with E-state index in [9.17, 15) is 0 Å². The van der Waals surface area contributed by atoms with Crippen molar-refractivity contribution in [1.29, 1.82) is 0 Å². The Bertz CT molecular complexity index is 466. The minimum Gasteiger partial charge on any atom is -0.493 e. The van der Waals surface area contributed by atoms with Crippen LogP contribution in [0.5, 0.6) is 5.75 Å². The van der Waals surface area contributed by atoms with Crippen LogP contribution in [-0.2, 0) is 0 Å². The van der Waals surface area contributed by atoms with Crippen LogP contribution in [0.3, 0.4) is 0 Å². The zero-order valence-corrected chi connectivity index (χ0v) is 12.4. The molecule has 0 radical (unpaired) electrons. The largest absolute Gasteiger partial charge is 0.493 e. The minimum absolute atomic E-state index is 0.586. The number of hydrogen-bond donors (Lipinski definition) is 1. The molecule has 0 atom stereocenters. The fourth-order valence-corrected chi connectivity index (χ4v) is 2.58. The molecule has 2 rings (SSSR count). The molecule has 1 aromatic carbocycles. The van der Waals surface area contributed by atoms with Crippen LogP contribution in [0.1, 0.15) is 37.3 Å². The standard InChI is InChI=1S/C16H24N2O2/c1-13-6-7-16(15(12-13)14(2)17-19)20-11-5-10-18-8-3-4-9-18/h6-7,12,19H,3-5,8-11H2,1-2H3. The predicted octanol–water partition coefficient (Wildman–Crippen LogP) is 3.06. The lowest BCUT2D eigenvalue weighted by molar-refractivity contribution is 0.263. The van der Waals surface area contributed by atoms with Gasteiger partial charge in [0.15, 0.2) is 0 Å². The number of aryl methyl sites for hydroxylation is 1. The van der Waals surface area contributed by atoms with Crippen LogP contribution < -0.4 is 4.74 Å². The molecule has 4 nitrogen and oxygen atoms in total. The first-order valence-corrected chi connectivity index (χ1v) is 7.35. The molecule has 0 amide bonds. The Morgan fingerprint density at radius 1 is 1.35 bits per heavy atom. The molecule has 1 saturated heterocycles. The maximum Gasteiger partial charge on any atom is 0.128 e. The van der Waals surface area contributed by atoms with Gasteiger partial charge in [0.2, 0.25) is 0 Å². The molecule has 4 heteroatoms. The Balaban J connectivity index is 1.88. The van der Waals surface area contributed by atoms with E-state index in [0.717, 1.165) is 29.8 Å². The molecule has 0 aliphatic carbocycles. The third-order valence-corrected chi connectivity index (χ3v) is 3.75. The monoisotopic (exact) mass is 276 g/mol. The number of oxime groups is 1. The second-order valence-corrected chi connectivity index (χ2v) is 5.44. The molecule has 110 valence electrons. The summed E-state index contributed by atoms with van der Waals surface area (Å²) in [4.78, 5) is 2.49. The van der Waals surface area contributed by atoms with Gasteiger partial charge in [-0.2, -0.15) is 0 Å². The molecule has 0 bridgehead atoms. The van der Waals surface area contributed by atoms with Crippen LogP contribution in [0.15, 0.2) is 23.4 Å². The van der Waals surface area contributed by atoms with Crippen molar-refractivity contribution in [1.82, 2.24) is 4.90 Å². The van der Waals surface area contributed by atoms with Crippen molar-refractivity contribution in [2.45, 2.75) is 33.1 Å². The van der Waals surface area contributed by atoms with Gasteiger partial charge >= 0.3 is 0 Å². The van der Waals surface area contributed by atoms with Gasteiger partial charge in [-0.25, -0.2) is 0 Å². The lowest BCUT2D eigenvalue weighted by Crippen LogP contribution is -2.22. The summed E-state index contributed by atoms with van der Waals surface area (Å²) < 4.78 is 5.86. The van der Waals surface area contributed by atoms with Gasteiger partial charge in [-0.1, -0.05) is 16.8 Å². The summed E-state index contributed by atoms with van der Waals surface area (Å²) >= 11 is 0. The molecule has 1 heterocycles. The van der Waals surface area contributed by atoms with E-state index >= 15 is 0 Å². The van der Waals surface area contributed by atoms with E-state index in [0.29, 0.717) is 12.3 Å². The molecule has 20 heavy (non-hydrogen) atoms. The maximum atomic E-state index is 8.94. The summed E-state index contributed by atoms with van der Waals surface area (Å²) in [5, 5.41) is 12.2. The van der Waals surface area contributed by atoms with E-state index in [1.54, 1.807) is 6.92 Å². The molecular weight excluding hydrogens is 252 g/mol. The van der Waals surface area contributed by atoms with Crippen molar-refractivity contribution in [3.8, 4) is 5.75 Å². The fourth-order valence-electron chi connectivity index (χ4n) is 2.58. The van der Waals surface area contributed by atoms with Gasteiger partial charge in [-0.15, -0.1) is 0 Å². The van der Waals surface area contributed by atoms with Crippen LogP contribution in [0.2, 0.25) is 0 Å². The van der Waals surface area contributed by atoms with E-state index in [1.807, 2.05) is 25.1 Å². The second kappa shape index (κ2) is 7.29. The Kier molecular flexibility index (Phi) is 5.41. The third kappa shape index (κ3) is 3.97. The molecular formula is C16H24N2O2.